The number of rotatable bonds is 4. The van der Waals surface area contributed by atoms with E-state index in [-0.39, 0.29) is 22.2 Å². The molecule has 0 unspecified atom stereocenters. The topological polar surface area (TPSA) is 62.5 Å². The first-order chi connectivity index (χ1) is 13.9. The molecule has 5 nitrogen and oxygen atoms in total. The Balaban J connectivity index is 1.87. The van der Waals surface area contributed by atoms with Crippen molar-refractivity contribution in [3.63, 3.8) is 0 Å². The van der Waals surface area contributed by atoms with Crippen molar-refractivity contribution in [1.29, 1.82) is 0 Å². The molecule has 29 heavy (non-hydrogen) atoms. The van der Waals surface area contributed by atoms with E-state index in [0.29, 0.717) is 11.0 Å². The van der Waals surface area contributed by atoms with Gasteiger partial charge in [-0.2, -0.15) is 0 Å². The Morgan fingerprint density at radius 1 is 1.17 bits per heavy atom. The molecule has 1 aliphatic carbocycles. The number of pyridine rings is 1. The first-order valence-corrected chi connectivity index (χ1v) is 9.88. The number of hydrogen-bond acceptors (Lipinski definition) is 3. The predicted octanol–water partition coefficient (Wildman–Crippen LogP) is 2.52. The third-order valence-corrected chi connectivity index (χ3v) is 5.59. The molecule has 1 aliphatic heterocycles. The number of benzene rings is 1. The number of carboxylic acids is 1. The number of hydrogen-bond donors (Lipinski definition) is 1. The van der Waals surface area contributed by atoms with Crippen molar-refractivity contribution in [2.24, 2.45) is 0 Å². The first kappa shape index (κ1) is 19.6. The minimum atomic E-state index is -1.33. The number of carbonyl (C=O) groups is 1. The van der Waals surface area contributed by atoms with Crippen LogP contribution in [0.1, 0.15) is 35.2 Å². The van der Waals surface area contributed by atoms with Crippen molar-refractivity contribution in [2.75, 3.05) is 13.1 Å². The highest BCUT2D eigenvalue weighted by Gasteiger charge is 2.17. The molecule has 1 saturated heterocycles. The zero-order valence-corrected chi connectivity index (χ0v) is 16.5. The average Bonchev–Trinajstić information content (AvgIpc) is 3.14. The van der Waals surface area contributed by atoms with Crippen LogP contribution in [0, 0.1) is 0 Å². The van der Waals surface area contributed by atoms with Gasteiger partial charge >= 0.3 is 5.97 Å². The van der Waals surface area contributed by atoms with Crippen molar-refractivity contribution in [2.45, 2.75) is 25.8 Å². The van der Waals surface area contributed by atoms with Gasteiger partial charge in [-0.3, -0.25) is 9.69 Å². The van der Waals surface area contributed by atoms with E-state index in [9.17, 15) is 19.1 Å². The van der Waals surface area contributed by atoms with E-state index in [1.165, 1.54) is 31.2 Å². The number of fused-ring (bicyclic) bond motifs is 1. The molecule has 150 valence electrons. The minimum Gasteiger partial charge on any atom is -0.477 e. The maximum atomic E-state index is 13.9. The standard InChI is InChI=1S/C22H20ClFN2O3/c23-19-11-15(24)5-8-17-20(19)26(13-18(21(17)27)22(28)29)16-6-3-14(4-7-16)12-25-9-1-2-10-25/h3-4,6-8,11,13H,1-2,5,9-10,12H2,(H,28,29). The van der Waals surface area contributed by atoms with Crippen LogP contribution >= 0.6 is 11.6 Å². The van der Waals surface area contributed by atoms with E-state index in [4.69, 9.17) is 11.6 Å². The summed E-state index contributed by atoms with van der Waals surface area (Å²) >= 11 is 6.32. The van der Waals surface area contributed by atoms with E-state index in [0.717, 1.165) is 25.2 Å². The van der Waals surface area contributed by atoms with Gasteiger partial charge in [0.15, 0.2) is 0 Å². The van der Waals surface area contributed by atoms with Crippen LogP contribution in [0.4, 0.5) is 4.39 Å². The molecule has 0 amide bonds. The molecule has 0 spiro atoms. The van der Waals surface area contributed by atoms with E-state index in [2.05, 4.69) is 4.90 Å². The minimum absolute atomic E-state index is 0.0569. The number of halogens is 2. The lowest BCUT2D eigenvalue weighted by Gasteiger charge is -2.16. The van der Waals surface area contributed by atoms with Gasteiger partial charge in [0.25, 0.3) is 0 Å². The summed E-state index contributed by atoms with van der Waals surface area (Å²) in [6, 6.07) is 7.67. The molecule has 2 aliphatic rings. The normalized spacial score (nSPS) is 16.8. The molecule has 2 heterocycles. The maximum Gasteiger partial charge on any atom is 0.341 e. The summed E-state index contributed by atoms with van der Waals surface area (Å²) in [7, 11) is 0. The van der Waals surface area contributed by atoms with Gasteiger partial charge in [0.05, 0.1) is 10.4 Å². The molecule has 2 aromatic rings. The first-order valence-electron chi connectivity index (χ1n) is 9.51. The van der Waals surface area contributed by atoms with Crippen LogP contribution in [0.3, 0.4) is 0 Å². The van der Waals surface area contributed by atoms with Gasteiger partial charge in [-0.15, -0.1) is 0 Å². The molecule has 1 aromatic heterocycles. The second kappa shape index (κ2) is 7.97. The molecule has 1 N–H and O–H groups in total. The van der Waals surface area contributed by atoms with Crippen molar-refractivity contribution < 1.29 is 14.3 Å². The monoisotopic (exact) mass is 414 g/mol. The summed E-state index contributed by atoms with van der Waals surface area (Å²) in [4.78, 5) is 26.6. The number of allylic oxidation sites excluding steroid dienone is 2. The van der Waals surface area contributed by atoms with Gasteiger partial charge in [-0.05, 0) is 49.7 Å². The Morgan fingerprint density at radius 3 is 2.52 bits per heavy atom. The fraction of sp³-hybridized carbons (Fsp3) is 0.273. The average molecular weight is 415 g/mol. The van der Waals surface area contributed by atoms with Gasteiger partial charge < -0.3 is 9.67 Å². The Kier molecular flexibility index (Phi) is 5.39. The summed E-state index contributed by atoms with van der Waals surface area (Å²) < 4.78 is 15.5. The highest BCUT2D eigenvalue weighted by Crippen LogP contribution is 2.16. The van der Waals surface area contributed by atoms with Gasteiger partial charge in [-0.1, -0.05) is 29.8 Å². The van der Waals surface area contributed by atoms with Crippen molar-refractivity contribution in [3.05, 3.63) is 74.3 Å². The largest absolute Gasteiger partial charge is 0.477 e. The lowest BCUT2D eigenvalue weighted by molar-refractivity contribution is 0.0694. The summed E-state index contributed by atoms with van der Waals surface area (Å²) in [5.74, 6) is -1.82. The molecular weight excluding hydrogens is 395 g/mol. The zero-order chi connectivity index (χ0) is 20.5. The van der Waals surface area contributed by atoms with Crippen LogP contribution < -0.4 is 16.0 Å². The summed E-state index contributed by atoms with van der Waals surface area (Å²) in [5.41, 5.74) is 0.744. The fourth-order valence-electron chi connectivity index (χ4n) is 3.85. The van der Waals surface area contributed by atoms with Crippen LogP contribution in [-0.2, 0) is 6.54 Å². The third-order valence-electron chi connectivity index (χ3n) is 5.30. The van der Waals surface area contributed by atoms with Gasteiger partial charge in [0.1, 0.15) is 11.4 Å². The van der Waals surface area contributed by atoms with E-state index < -0.39 is 17.2 Å². The Bertz CT molecular complexity index is 1180. The van der Waals surface area contributed by atoms with Crippen LogP contribution in [-0.4, -0.2) is 33.6 Å². The van der Waals surface area contributed by atoms with E-state index in [1.54, 1.807) is 4.57 Å². The molecule has 1 aromatic carbocycles. The van der Waals surface area contributed by atoms with E-state index in [1.807, 2.05) is 24.3 Å². The quantitative estimate of drug-likeness (QED) is 0.835. The number of aromatic nitrogens is 1. The van der Waals surface area contributed by atoms with Crippen LogP contribution in [0.5, 0.6) is 0 Å². The lowest BCUT2D eigenvalue weighted by atomic mass is 10.1. The molecule has 0 bridgehead atoms. The van der Waals surface area contributed by atoms with Crippen LogP contribution in [0.2, 0.25) is 0 Å². The van der Waals surface area contributed by atoms with Crippen LogP contribution in [0.15, 0.2) is 47.2 Å². The molecule has 7 heteroatoms. The summed E-state index contributed by atoms with van der Waals surface area (Å²) in [6.45, 7) is 3.04. The fourth-order valence-corrected chi connectivity index (χ4v) is 4.16. The summed E-state index contributed by atoms with van der Waals surface area (Å²) in [5, 5.41) is 9.92. The zero-order valence-electron chi connectivity index (χ0n) is 15.7. The van der Waals surface area contributed by atoms with Gasteiger partial charge in [0, 0.05) is 30.1 Å². The number of carboxylic acid groups (broad SMARTS) is 1. The smallest absolute Gasteiger partial charge is 0.341 e. The second-order valence-corrected chi connectivity index (χ2v) is 7.71. The van der Waals surface area contributed by atoms with E-state index >= 15 is 0 Å². The molecule has 1 fully saturated rings. The number of nitrogens with zero attached hydrogens (tertiary/aromatic N) is 2. The highest BCUT2D eigenvalue weighted by atomic mass is 35.5. The molecule has 0 radical (unpaired) electrons. The molecular formula is C22H20ClFN2O3. The highest BCUT2D eigenvalue weighted by molar-refractivity contribution is 6.47. The SMILES string of the molecule is O=C(O)c1cn(-c2ccc(CN3CCCC3)cc2)c2c(c1=O)=CCC(F)=CC=2Cl. The van der Waals surface area contributed by atoms with Gasteiger partial charge in [0.2, 0.25) is 5.43 Å². The lowest BCUT2D eigenvalue weighted by Crippen LogP contribution is -2.47. The van der Waals surface area contributed by atoms with Crippen LogP contribution in [0.25, 0.3) is 16.8 Å². The molecule has 0 atom stereocenters. The number of aromatic carboxylic acids is 1. The second-order valence-electron chi connectivity index (χ2n) is 7.31. The van der Waals surface area contributed by atoms with Gasteiger partial charge in [-0.25, -0.2) is 9.18 Å². The molecule has 4 rings (SSSR count). The maximum absolute atomic E-state index is 13.9. The summed E-state index contributed by atoms with van der Waals surface area (Å²) in [6.07, 6.45) is 6.14. The third kappa shape index (κ3) is 3.91. The van der Waals surface area contributed by atoms with Crippen molar-refractivity contribution in [1.82, 2.24) is 9.47 Å². The van der Waals surface area contributed by atoms with Crippen molar-refractivity contribution >= 4 is 28.7 Å². The molecule has 0 saturated carbocycles. The predicted molar refractivity (Wildman–Crippen MR) is 110 cm³/mol. The number of likely N-dealkylation sites (tertiary alicyclic amines) is 1. The Hall–Kier alpha value is -2.70. The van der Waals surface area contributed by atoms with Crippen molar-refractivity contribution in [3.8, 4) is 5.69 Å². The Labute approximate surface area is 171 Å². The Morgan fingerprint density at radius 2 is 1.86 bits per heavy atom.